The molecular formula is C40H45Cl2SiZr. The van der Waals surface area contributed by atoms with Gasteiger partial charge in [0, 0.05) is 0 Å². The minimum absolute atomic E-state index is 0.0924. The van der Waals surface area contributed by atoms with Gasteiger partial charge >= 0.3 is 276 Å². The summed E-state index contributed by atoms with van der Waals surface area (Å²) in [6.45, 7) is 18.6. The van der Waals surface area contributed by atoms with Crippen LogP contribution in [-0.2, 0) is 15.6 Å². The first-order chi connectivity index (χ1) is 20.8. The maximum absolute atomic E-state index is 8.61. The first-order valence-electron chi connectivity index (χ1n) is 16.2. The second-order valence-corrected chi connectivity index (χ2v) is 56.6. The summed E-state index contributed by atoms with van der Waals surface area (Å²) in [6.07, 6.45) is 4.90. The molecular weight excluding hydrogens is 671 g/mol. The van der Waals surface area contributed by atoms with Gasteiger partial charge in [0.2, 0.25) is 0 Å². The van der Waals surface area contributed by atoms with E-state index >= 15 is 0 Å². The molecule has 0 bridgehead atoms. The number of allylic oxidation sites excluding steroid dienone is 2. The quantitative estimate of drug-likeness (QED) is 0.167. The van der Waals surface area contributed by atoms with Crippen LogP contribution >= 0.6 is 17.0 Å². The Bertz CT molecular complexity index is 1800. The molecule has 44 heavy (non-hydrogen) atoms. The average molecular weight is 716 g/mol. The van der Waals surface area contributed by atoms with Gasteiger partial charge in [-0.15, -0.1) is 0 Å². The summed E-state index contributed by atoms with van der Waals surface area (Å²) in [4.78, 5) is 0. The Morgan fingerprint density at radius 1 is 0.636 bits per heavy atom. The molecule has 0 saturated carbocycles. The van der Waals surface area contributed by atoms with Gasteiger partial charge in [-0.2, -0.15) is 0 Å². The number of aryl methyl sites for hydroxylation is 1. The van der Waals surface area contributed by atoms with Crippen LogP contribution in [0.25, 0.3) is 34.4 Å². The van der Waals surface area contributed by atoms with Gasteiger partial charge in [0.05, 0.1) is 0 Å². The van der Waals surface area contributed by atoms with Gasteiger partial charge in [-0.3, -0.25) is 0 Å². The molecule has 0 aromatic heterocycles. The van der Waals surface area contributed by atoms with E-state index in [-0.39, 0.29) is 7.25 Å². The summed E-state index contributed by atoms with van der Waals surface area (Å²) < 4.78 is 0.188. The number of fused-ring (bicyclic) bond motifs is 2. The Morgan fingerprint density at radius 2 is 1.27 bits per heavy atom. The van der Waals surface area contributed by atoms with Crippen LogP contribution < -0.4 is 0 Å². The van der Waals surface area contributed by atoms with E-state index in [1.54, 1.807) is 0 Å². The van der Waals surface area contributed by atoms with Crippen LogP contribution in [0.3, 0.4) is 0 Å². The first-order valence-corrected chi connectivity index (χ1v) is 32.5. The second-order valence-electron chi connectivity index (χ2n) is 14.1. The van der Waals surface area contributed by atoms with Crippen molar-refractivity contribution < 1.29 is 15.6 Å². The molecule has 4 aromatic rings. The number of hydrogen-bond acceptors (Lipinski definition) is 0. The molecule has 0 nitrogen and oxygen atoms in total. The fraction of sp³-hybridized carbons (Fsp3) is 0.300. The third kappa shape index (κ3) is 4.95. The molecule has 2 aliphatic carbocycles. The molecule has 227 valence electrons. The van der Waals surface area contributed by atoms with Crippen molar-refractivity contribution >= 4 is 35.1 Å². The Hall–Kier alpha value is -1.96. The molecule has 0 saturated heterocycles. The van der Waals surface area contributed by atoms with Gasteiger partial charge in [0.25, 0.3) is 0 Å². The molecule has 2 atom stereocenters. The summed E-state index contributed by atoms with van der Waals surface area (Å²) in [5.41, 5.74) is 15.9. The monoisotopic (exact) mass is 713 g/mol. The Labute approximate surface area is 274 Å². The zero-order chi connectivity index (χ0) is 31.6. The zero-order valence-corrected chi connectivity index (χ0v) is 32.5. The van der Waals surface area contributed by atoms with E-state index in [2.05, 4.69) is 152 Å². The number of hydrogen-bond donors (Lipinski definition) is 0. The van der Waals surface area contributed by atoms with Crippen molar-refractivity contribution in [2.24, 2.45) is 5.92 Å². The molecule has 4 heteroatoms. The van der Waals surface area contributed by atoms with E-state index in [1.807, 2.05) is 0 Å². The van der Waals surface area contributed by atoms with E-state index < -0.39 is 21.5 Å². The minimum atomic E-state index is -4.80. The first kappa shape index (κ1) is 32.0. The topological polar surface area (TPSA) is 0 Å². The van der Waals surface area contributed by atoms with Gasteiger partial charge < -0.3 is 0 Å². The van der Waals surface area contributed by atoms with Crippen molar-refractivity contribution in [2.45, 2.75) is 67.8 Å². The molecule has 0 heterocycles. The van der Waals surface area contributed by atoms with Crippen molar-refractivity contribution in [3.8, 4) is 22.3 Å². The van der Waals surface area contributed by atoms with E-state index in [4.69, 9.17) is 17.0 Å². The molecule has 0 amide bonds. The molecule has 0 fully saturated rings. The van der Waals surface area contributed by atoms with Crippen LogP contribution in [-0.4, -0.2) is 5.92 Å². The predicted octanol–water partition coefficient (Wildman–Crippen LogP) is 12.7. The van der Waals surface area contributed by atoms with Crippen LogP contribution in [0.2, 0.25) is 13.1 Å². The third-order valence-electron chi connectivity index (χ3n) is 10.6. The summed E-state index contributed by atoms with van der Waals surface area (Å²) in [7, 11) is 17.2. The molecule has 4 aromatic carbocycles. The number of benzene rings is 4. The predicted molar refractivity (Wildman–Crippen MR) is 195 cm³/mol. The van der Waals surface area contributed by atoms with Crippen molar-refractivity contribution in [3.05, 3.63) is 129 Å². The average Bonchev–Trinajstić information content (AvgIpc) is 3.58. The van der Waals surface area contributed by atoms with Crippen LogP contribution in [0.5, 0.6) is 0 Å². The SMILES string of the molecule is CC1=Cc2c(-c3ccc(C(C)C)cc3)ccc(C)c2[CH]1[Zr]([Cl])([Cl])([CH]1C(C(C)C)=Cc2c(-c3ccccc3)cccc21)[SiH](C)C. The Morgan fingerprint density at radius 3 is 1.89 bits per heavy atom. The van der Waals surface area contributed by atoms with Crippen molar-refractivity contribution in [1.29, 1.82) is 0 Å². The third-order valence-corrected chi connectivity index (χ3v) is 62.5. The molecule has 6 rings (SSSR count). The van der Waals surface area contributed by atoms with Crippen molar-refractivity contribution in [1.82, 2.24) is 0 Å². The van der Waals surface area contributed by atoms with Gasteiger partial charge in [-0.25, -0.2) is 0 Å². The van der Waals surface area contributed by atoms with Crippen LogP contribution in [0.4, 0.5) is 0 Å². The van der Waals surface area contributed by atoms with Crippen molar-refractivity contribution in [3.63, 3.8) is 0 Å². The maximum atomic E-state index is 8.61. The van der Waals surface area contributed by atoms with Crippen LogP contribution in [0.15, 0.2) is 96.1 Å². The van der Waals surface area contributed by atoms with Gasteiger partial charge in [-0.05, 0) is 0 Å². The van der Waals surface area contributed by atoms with E-state index in [1.165, 1.54) is 66.8 Å². The molecule has 0 N–H and O–H groups in total. The van der Waals surface area contributed by atoms with E-state index in [9.17, 15) is 0 Å². The summed E-state index contributed by atoms with van der Waals surface area (Å²) >= 11 is -4.80. The van der Waals surface area contributed by atoms with E-state index in [0.717, 1.165) is 0 Å². The molecule has 2 unspecified atom stereocenters. The summed E-state index contributed by atoms with van der Waals surface area (Å²) in [5.74, 6) is -0.752. The van der Waals surface area contributed by atoms with Gasteiger partial charge in [-0.1, -0.05) is 0 Å². The van der Waals surface area contributed by atoms with Crippen LogP contribution in [0.1, 0.15) is 81.2 Å². The molecule has 2 aliphatic rings. The summed E-state index contributed by atoms with van der Waals surface area (Å²) in [5, 5.41) is 0. The Balaban J connectivity index is 1.58. The standard InChI is InChI=1S/C20H21.C18H17.C2H7Si.2ClH.Zr/c1-13(2)16-6-8-17(9-7-16)18-10-5-15(4)19-11-14(3)12-20(18)19;1-13(2)16-11-15-9-6-10-17(18(15)12-16)14-7-4-3-5-8-14;1-3-2;;;/h5-13H,1-4H3;3-13H,1-2H3;3H,1-2H3;2*1H;/q;;;;;+2/p-2. The fourth-order valence-corrected chi connectivity index (χ4v) is 40.3. The molecule has 0 radical (unpaired) electrons. The van der Waals surface area contributed by atoms with E-state index in [0.29, 0.717) is 11.8 Å². The molecule has 0 aliphatic heterocycles. The molecule has 0 spiro atoms. The van der Waals surface area contributed by atoms with Crippen molar-refractivity contribution in [2.75, 3.05) is 0 Å². The summed E-state index contributed by atoms with van der Waals surface area (Å²) in [6, 6.07) is 31.4. The number of rotatable bonds is 7. The normalized spacial score (nSPS) is 18.7. The fourth-order valence-electron chi connectivity index (χ4n) is 8.08. The Kier molecular flexibility index (Phi) is 8.50. The zero-order valence-electron chi connectivity index (χ0n) is 27.4. The second kappa shape index (κ2) is 11.7. The van der Waals surface area contributed by atoms with Gasteiger partial charge in [0.15, 0.2) is 0 Å². The van der Waals surface area contributed by atoms with Gasteiger partial charge in [0.1, 0.15) is 0 Å². The van der Waals surface area contributed by atoms with Crippen LogP contribution in [0, 0.1) is 12.8 Å². The number of halogens is 2.